The van der Waals surface area contributed by atoms with E-state index in [4.69, 9.17) is 11.6 Å². The van der Waals surface area contributed by atoms with Gasteiger partial charge in [-0.2, -0.15) is 0 Å². The van der Waals surface area contributed by atoms with E-state index < -0.39 is 0 Å². The van der Waals surface area contributed by atoms with Crippen molar-refractivity contribution < 1.29 is 4.39 Å². The minimum atomic E-state index is -0.370. The fourth-order valence-electron chi connectivity index (χ4n) is 1.72. The molecule has 1 aromatic heterocycles. The average Bonchev–Trinajstić information content (AvgIpc) is 2.63. The zero-order valence-corrected chi connectivity index (χ0v) is 12.0. The molecule has 0 saturated carbocycles. The fourth-order valence-corrected chi connectivity index (χ4v) is 2.94. The highest BCUT2D eigenvalue weighted by Gasteiger charge is 2.03. The molecule has 2 aromatic rings. The Kier molecular flexibility index (Phi) is 4.38. The summed E-state index contributed by atoms with van der Waals surface area (Å²) in [6.07, 6.45) is 0. The molecule has 2 rings (SSSR count). The number of nitrogens with one attached hydrogen (secondary N) is 1. The summed E-state index contributed by atoms with van der Waals surface area (Å²) in [6, 6.07) is 7.01. The number of hydrogen-bond donors (Lipinski definition) is 1. The molecule has 0 saturated heterocycles. The lowest BCUT2D eigenvalue weighted by atomic mass is 10.2. The molecule has 1 aromatic carbocycles. The molecule has 0 atom stereocenters. The van der Waals surface area contributed by atoms with Gasteiger partial charge in [-0.15, -0.1) is 11.3 Å². The van der Waals surface area contributed by atoms with Gasteiger partial charge in [0.1, 0.15) is 5.82 Å². The smallest absolute Gasteiger partial charge is 0.141 e. The maximum Gasteiger partial charge on any atom is 0.141 e. The van der Waals surface area contributed by atoms with Crippen LogP contribution in [-0.4, -0.2) is 0 Å². The Bertz CT molecular complexity index is 531. The number of thiophene rings is 1. The van der Waals surface area contributed by atoms with Crippen LogP contribution in [0.4, 0.5) is 4.39 Å². The molecular formula is C14H15ClFNS. The van der Waals surface area contributed by atoms with Crippen molar-refractivity contribution in [2.24, 2.45) is 0 Å². The fraction of sp³-hybridized carbons (Fsp3) is 0.286. The van der Waals surface area contributed by atoms with Crippen LogP contribution < -0.4 is 5.32 Å². The van der Waals surface area contributed by atoms with Crippen LogP contribution >= 0.6 is 22.9 Å². The van der Waals surface area contributed by atoms with E-state index in [1.165, 1.54) is 21.4 Å². The second-order valence-electron chi connectivity index (χ2n) is 4.30. The Labute approximate surface area is 116 Å². The summed E-state index contributed by atoms with van der Waals surface area (Å²) in [7, 11) is 0. The highest BCUT2D eigenvalue weighted by atomic mass is 35.5. The van der Waals surface area contributed by atoms with E-state index in [1.54, 1.807) is 23.5 Å². The van der Waals surface area contributed by atoms with Gasteiger partial charge in [0, 0.05) is 22.8 Å². The lowest BCUT2D eigenvalue weighted by Gasteiger charge is -2.04. The Morgan fingerprint density at radius 3 is 2.61 bits per heavy atom. The highest BCUT2D eigenvalue weighted by Crippen LogP contribution is 2.20. The Morgan fingerprint density at radius 2 is 2.00 bits per heavy atom. The average molecular weight is 284 g/mol. The van der Waals surface area contributed by atoms with E-state index in [0.29, 0.717) is 6.54 Å². The molecule has 0 bridgehead atoms. The van der Waals surface area contributed by atoms with Crippen LogP contribution in [0.1, 0.15) is 20.9 Å². The largest absolute Gasteiger partial charge is 0.308 e. The number of halogens is 2. The van der Waals surface area contributed by atoms with E-state index in [0.717, 1.165) is 12.1 Å². The summed E-state index contributed by atoms with van der Waals surface area (Å²) in [4.78, 5) is 2.68. The summed E-state index contributed by atoms with van der Waals surface area (Å²) >= 11 is 7.54. The molecule has 0 spiro atoms. The Morgan fingerprint density at radius 1 is 1.22 bits per heavy atom. The van der Waals surface area contributed by atoms with Crippen molar-refractivity contribution in [2.75, 3.05) is 0 Å². The van der Waals surface area contributed by atoms with E-state index in [-0.39, 0.29) is 10.8 Å². The number of hydrogen-bond acceptors (Lipinski definition) is 2. The van der Waals surface area contributed by atoms with Crippen molar-refractivity contribution in [2.45, 2.75) is 26.9 Å². The van der Waals surface area contributed by atoms with Gasteiger partial charge < -0.3 is 5.32 Å². The topological polar surface area (TPSA) is 12.0 Å². The van der Waals surface area contributed by atoms with Gasteiger partial charge in [-0.3, -0.25) is 0 Å². The second kappa shape index (κ2) is 5.83. The first kappa shape index (κ1) is 13.5. The van der Waals surface area contributed by atoms with Gasteiger partial charge in [-0.25, -0.2) is 4.39 Å². The third kappa shape index (κ3) is 3.31. The van der Waals surface area contributed by atoms with Crippen molar-refractivity contribution in [3.63, 3.8) is 0 Å². The zero-order valence-electron chi connectivity index (χ0n) is 10.4. The number of rotatable bonds is 4. The molecular weight excluding hydrogens is 269 g/mol. The van der Waals surface area contributed by atoms with Crippen molar-refractivity contribution in [3.05, 3.63) is 56.0 Å². The maximum atomic E-state index is 13.0. The molecule has 1 heterocycles. The van der Waals surface area contributed by atoms with Gasteiger partial charge in [0.05, 0.1) is 5.02 Å². The molecule has 4 heteroatoms. The van der Waals surface area contributed by atoms with Crippen LogP contribution in [0.15, 0.2) is 24.3 Å². The normalized spacial score (nSPS) is 10.9. The monoisotopic (exact) mass is 283 g/mol. The number of aryl methyl sites for hydroxylation is 2. The quantitative estimate of drug-likeness (QED) is 0.874. The first-order valence-electron chi connectivity index (χ1n) is 5.77. The van der Waals surface area contributed by atoms with Gasteiger partial charge in [0.25, 0.3) is 0 Å². The van der Waals surface area contributed by atoms with E-state index in [1.807, 2.05) is 0 Å². The summed E-state index contributed by atoms with van der Waals surface area (Å²) in [5.41, 5.74) is 2.33. The van der Waals surface area contributed by atoms with Crippen molar-refractivity contribution in [3.8, 4) is 0 Å². The lowest BCUT2D eigenvalue weighted by molar-refractivity contribution is 0.625. The third-order valence-electron chi connectivity index (χ3n) is 2.83. The van der Waals surface area contributed by atoms with Crippen molar-refractivity contribution >= 4 is 22.9 Å². The van der Waals surface area contributed by atoms with Gasteiger partial charge >= 0.3 is 0 Å². The number of benzene rings is 1. The summed E-state index contributed by atoms with van der Waals surface area (Å²) in [6.45, 7) is 5.77. The van der Waals surface area contributed by atoms with Crippen molar-refractivity contribution in [1.29, 1.82) is 0 Å². The van der Waals surface area contributed by atoms with E-state index in [2.05, 4.69) is 25.2 Å². The molecule has 0 amide bonds. The third-order valence-corrected chi connectivity index (χ3v) is 4.27. The first-order chi connectivity index (χ1) is 8.56. The standard InChI is InChI=1S/C14H15ClFNS/c1-9-5-12(18-10(9)2)8-17-7-11-3-4-14(16)13(15)6-11/h3-6,17H,7-8H2,1-2H3. The minimum Gasteiger partial charge on any atom is -0.308 e. The predicted octanol–water partition coefficient (Wildman–Crippen LogP) is 4.45. The summed E-state index contributed by atoms with van der Waals surface area (Å²) < 4.78 is 13.0. The second-order valence-corrected chi connectivity index (χ2v) is 6.05. The van der Waals surface area contributed by atoms with Gasteiger partial charge in [0.2, 0.25) is 0 Å². The lowest BCUT2D eigenvalue weighted by Crippen LogP contribution is -2.11. The van der Waals surface area contributed by atoms with Crippen LogP contribution in [0.25, 0.3) is 0 Å². The zero-order chi connectivity index (χ0) is 13.1. The Balaban J connectivity index is 1.90. The molecule has 1 nitrogen and oxygen atoms in total. The summed E-state index contributed by atoms with van der Waals surface area (Å²) in [5.74, 6) is -0.370. The highest BCUT2D eigenvalue weighted by molar-refractivity contribution is 7.12. The van der Waals surface area contributed by atoms with Gasteiger partial charge in [-0.05, 0) is 43.2 Å². The molecule has 18 heavy (non-hydrogen) atoms. The molecule has 0 unspecified atom stereocenters. The first-order valence-corrected chi connectivity index (χ1v) is 6.96. The molecule has 0 aliphatic rings. The maximum absolute atomic E-state index is 13.0. The van der Waals surface area contributed by atoms with Crippen LogP contribution in [0.2, 0.25) is 5.02 Å². The molecule has 0 aliphatic carbocycles. The van der Waals surface area contributed by atoms with Crippen LogP contribution in [0.5, 0.6) is 0 Å². The molecule has 96 valence electrons. The van der Waals surface area contributed by atoms with Crippen LogP contribution in [0.3, 0.4) is 0 Å². The van der Waals surface area contributed by atoms with Crippen LogP contribution in [0, 0.1) is 19.7 Å². The van der Waals surface area contributed by atoms with E-state index in [9.17, 15) is 4.39 Å². The molecule has 0 radical (unpaired) electrons. The SMILES string of the molecule is Cc1cc(CNCc2ccc(F)c(Cl)c2)sc1C. The van der Waals surface area contributed by atoms with Crippen LogP contribution in [-0.2, 0) is 13.1 Å². The molecule has 0 fully saturated rings. The van der Waals surface area contributed by atoms with Gasteiger partial charge in [-0.1, -0.05) is 17.7 Å². The predicted molar refractivity (Wildman–Crippen MR) is 75.7 cm³/mol. The Hall–Kier alpha value is -0.900. The summed E-state index contributed by atoms with van der Waals surface area (Å²) in [5, 5.41) is 3.51. The molecule has 0 aliphatic heterocycles. The molecule has 1 N–H and O–H groups in total. The minimum absolute atomic E-state index is 0.178. The van der Waals surface area contributed by atoms with E-state index >= 15 is 0 Å². The van der Waals surface area contributed by atoms with Gasteiger partial charge in [0.15, 0.2) is 0 Å². The van der Waals surface area contributed by atoms with Crippen molar-refractivity contribution in [1.82, 2.24) is 5.32 Å².